The quantitative estimate of drug-likeness (QED) is 0.849. The van der Waals surface area contributed by atoms with E-state index in [1.165, 1.54) is 0 Å². The second kappa shape index (κ2) is 7.39. The van der Waals surface area contributed by atoms with Crippen LogP contribution in [0.25, 0.3) is 0 Å². The summed E-state index contributed by atoms with van der Waals surface area (Å²) in [7, 11) is 0. The number of carbonyl (C=O) groups is 2. The van der Waals surface area contributed by atoms with Crippen molar-refractivity contribution >= 4 is 12.0 Å². The highest BCUT2D eigenvalue weighted by Crippen LogP contribution is 2.14. The molecule has 7 heteroatoms. The summed E-state index contributed by atoms with van der Waals surface area (Å²) < 4.78 is 4.98. The second-order valence-corrected chi connectivity index (χ2v) is 5.86. The molecule has 0 unspecified atom stereocenters. The molecule has 2 amide bonds. The lowest BCUT2D eigenvalue weighted by Gasteiger charge is -2.34. The van der Waals surface area contributed by atoms with Gasteiger partial charge in [0, 0.05) is 38.3 Å². The van der Waals surface area contributed by atoms with Crippen molar-refractivity contribution in [2.45, 2.75) is 33.6 Å². The van der Waals surface area contributed by atoms with E-state index in [2.05, 4.69) is 9.97 Å². The van der Waals surface area contributed by atoms with Gasteiger partial charge in [-0.15, -0.1) is 0 Å². The first-order chi connectivity index (χ1) is 10.9. The van der Waals surface area contributed by atoms with Crippen LogP contribution in [0.5, 0.6) is 0 Å². The molecule has 1 aromatic rings. The minimum atomic E-state index is -0.319. The topological polar surface area (TPSA) is 75.6 Å². The summed E-state index contributed by atoms with van der Waals surface area (Å²) in [6, 6.07) is 0. The molecular formula is C16H24N4O3. The maximum absolute atomic E-state index is 12.6. The van der Waals surface area contributed by atoms with Crippen LogP contribution in [-0.4, -0.2) is 64.6 Å². The molecule has 0 spiro atoms. The number of carbonyl (C=O) groups excluding carboxylic acids is 2. The van der Waals surface area contributed by atoms with Gasteiger partial charge in [-0.2, -0.15) is 0 Å². The number of nitrogens with zero attached hydrogens (tertiary/aromatic N) is 4. The minimum absolute atomic E-state index is 0.0821. The molecule has 126 valence electrons. The molecule has 2 heterocycles. The fraction of sp³-hybridized carbons (Fsp3) is 0.625. The van der Waals surface area contributed by atoms with Crippen LogP contribution in [0.4, 0.5) is 4.79 Å². The summed E-state index contributed by atoms with van der Waals surface area (Å²) in [5.41, 5.74) is 1.22. The van der Waals surface area contributed by atoms with Crippen LogP contribution in [0.2, 0.25) is 0 Å². The van der Waals surface area contributed by atoms with E-state index in [4.69, 9.17) is 4.74 Å². The lowest BCUT2D eigenvalue weighted by Crippen LogP contribution is -2.50. The molecule has 0 aliphatic carbocycles. The van der Waals surface area contributed by atoms with Crippen molar-refractivity contribution in [3.63, 3.8) is 0 Å². The Morgan fingerprint density at radius 3 is 2.35 bits per heavy atom. The van der Waals surface area contributed by atoms with Crippen LogP contribution in [0.3, 0.4) is 0 Å². The summed E-state index contributed by atoms with van der Waals surface area (Å²) in [4.78, 5) is 36.3. The van der Waals surface area contributed by atoms with Gasteiger partial charge >= 0.3 is 6.09 Å². The Morgan fingerprint density at radius 2 is 1.83 bits per heavy atom. The summed E-state index contributed by atoms with van der Waals surface area (Å²) in [5, 5.41) is 0. The number of hydrogen-bond acceptors (Lipinski definition) is 5. The lowest BCUT2D eigenvalue weighted by atomic mass is 10.1. The average Bonchev–Trinajstić information content (AvgIpc) is 2.54. The first kappa shape index (κ1) is 17.2. The molecule has 1 saturated heterocycles. The van der Waals surface area contributed by atoms with Crippen LogP contribution < -0.4 is 0 Å². The number of ether oxygens (including phenoxy) is 1. The van der Waals surface area contributed by atoms with E-state index in [-0.39, 0.29) is 17.9 Å². The van der Waals surface area contributed by atoms with E-state index >= 15 is 0 Å². The van der Waals surface area contributed by atoms with Gasteiger partial charge in [0.05, 0.1) is 17.9 Å². The Bertz CT molecular complexity index is 581. The van der Waals surface area contributed by atoms with Crippen molar-refractivity contribution in [2.24, 2.45) is 0 Å². The zero-order valence-electron chi connectivity index (χ0n) is 14.2. The standard InChI is InChI=1S/C16H24N4O3/c1-5-23-16(22)20-8-6-19(7-9-20)15(21)13-10-17-14(11(2)3)18-12(13)4/h10-11H,5-9H2,1-4H3. The molecule has 0 bridgehead atoms. The van der Waals surface area contributed by atoms with Crippen LogP contribution in [0, 0.1) is 6.92 Å². The summed E-state index contributed by atoms with van der Waals surface area (Å²) >= 11 is 0. The highest BCUT2D eigenvalue weighted by Gasteiger charge is 2.26. The van der Waals surface area contributed by atoms with Gasteiger partial charge in [0.25, 0.3) is 5.91 Å². The third kappa shape index (κ3) is 3.97. The van der Waals surface area contributed by atoms with Crippen molar-refractivity contribution in [1.29, 1.82) is 0 Å². The van der Waals surface area contributed by atoms with Crippen molar-refractivity contribution in [3.05, 3.63) is 23.3 Å². The largest absolute Gasteiger partial charge is 0.450 e. The second-order valence-electron chi connectivity index (χ2n) is 5.86. The SMILES string of the molecule is CCOC(=O)N1CCN(C(=O)c2cnc(C(C)C)nc2C)CC1. The third-order valence-corrected chi connectivity index (χ3v) is 3.84. The van der Waals surface area contributed by atoms with Gasteiger partial charge in [-0.3, -0.25) is 4.79 Å². The maximum atomic E-state index is 12.6. The Kier molecular flexibility index (Phi) is 5.52. The summed E-state index contributed by atoms with van der Waals surface area (Å²) in [6.45, 7) is 9.94. The first-order valence-corrected chi connectivity index (χ1v) is 7.98. The van der Waals surface area contributed by atoms with E-state index in [9.17, 15) is 9.59 Å². The molecule has 1 aliphatic rings. The van der Waals surface area contributed by atoms with Crippen LogP contribution >= 0.6 is 0 Å². The van der Waals surface area contributed by atoms with E-state index in [0.29, 0.717) is 44.0 Å². The van der Waals surface area contributed by atoms with Gasteiger partial charge in [-0.05, 0) is 13.8 Å². The Labute approximate surface area is 136 Å². The molecule has 0 atom stereocenters. The highest BCUT2D eigenvalue weighted by atomic mass is 16.6. The molecule has 0 N–H and O–H groups in total. The number of hydrogen-bond donors (Lipinski definition) is 0. The highest BCUT2D eigenvalue weighted by molar-refractivity contribution is 5.95. The molecule has 0 aromatic carbocycles. The van der Waals surface area contributed by atoms with Gasteiger partial charge in [0.1, 0.15) is 5.82 Å². The third-order valence-electron chi connectivity index (χ3n) is 3.84. The molecule has 23 heavy (non-hydrogen) atoms. The normalized spacial score (nSPS) is 15.0. The fourth-order valence-electron chi connectivity index (χ4n) is 2.45. The number of aryl methyl sites for hydroxylation is 1. The van der Waals surface area contributed by atoms with E-state index in [0.717, 1.165) is 5.82 Å². The predicted molar refractivity (Wildman–Crippen MR) is 85.4 cm³/mol. The van der Waals surface area contributed by atoms with E-state index < -0.39 is 0 Å². The number of rotatable bonds is 3. The van der Waals surface area contributed by atoms with Crippen LogP contribution in [-0.2, 0) is 4.74 Å². The molecule has 2 rings (SSSR count). The zero-order chi connectivity index (χ0) is 17.0. The van der Waals surface area contributed by atoms with Gasteiger partial charge < -0.3 is 14.5 Å². The first-order valence-electron chi connectivity index (χ1n) is 7.98. The molecular weight excluding hydrogens is 296 g/mol. The van der Waals surface area contributed by atoms with Gasteiger partial charge in [0.2, 0.25) is 0 Å². The van der Waals surface area contributed by atoms with Crippen molar-refractivity contribution in [2.75, 3.05) is 32.8 Å². The lowest BCUT2D eigenvalue weighted by molar-refractivity contribution is 0.0569. The Balaban J connectivity index is 2.01. The van der Waals surface area contributed by atoms with E-state index in [1.54, 1.807) is 22.9 Å². The number of piperazine rings is 1. The van der Waals surface area contributed by atoms with Crippen molar-refractivity contribution in [1.82, 2.24) is 19.8 Å². The molecule has 1 aliphatic heterocycles. The zero-order valence-corrected chi connectivity index (χ0v) is 14.2. The predicted octanol–water partition coefficient (Wildman–Crippen LogP) is 1.82. The Morgan fingerprint density at radius 1 is 1.22 bits per heavy atom. The monoisotopic (exact) mass is 320 g/mol. The van der Waals surface area contributed by atoms with Gasteiger partial charge in [0.15, 0.2) is 0 Å². The van der Waals surface area contributed by atoms with Crippen molar-refractivity contribution < 1.29 is 14.3 Å². The van der Waals surface area contributed by atoms with Crippen molar-refractivity contribution in [3.8, 4) is 0 Å². The number of amides is 2. The minimum Gasteiger partial charge on any atom is -0.450 e. The van der Waals surface area contributed by atoms with Crippen LogP contribution in [0.15, 0.2) is 6.20 Å². The summed E-state index contributed by atoms with van der Waals surface area (Å²) in [5.74, 6) is 0.887. The molecule has 1 aromatic heterocycles. The molecule has 0 radical (unpaired) electrons. The Hall–Kier alpha value is -2.18. The fourth-order valence-corrected chi connectivity index (χ4v) is 2.45. The molecule has 1 fully saturated rings. The number of aromatic nitrogens is 2. The molecule has 7 nitrogen and oxygen atoms in total. The van der Waals surface area contributed by atoms with Crippen LogP contribution in [0.1, 0.15) is 48.6 Å². The summed E-state index contributed by atoms with van der Waals surface area (Å²) in [6.07, 6.45) is 1.29. The van der Waals surface area contributed by atoms with Gasteiger partial charge in [-0.25, -0.2) is 14.8 Å². The average molecular weight is 320 g/mol. The van der Waals surface area contributed by atoms with Gasteiger partial charge in [-0.1, -0.05) is 13.8 Å². The smallest absolute Gasteiger partial charge is 0.409 e. The maximum Gasteiger partial charge on any atom is 0.409 e. The molecule has 0 saturated carbocycles. The van der Waals surface area contributed by atoms with E-state index in [1.807, 2.05) is 20.8 Å².